The number of esters is 1. The molecule has 2 aromatic rings. The number of piperidine rings is 1. The molecular formula is C23H27NO4. The van der Waals surface area contributed by atoms with Gasteiger partial charge in [0, 0.05) is 18.7 Å². The summed E-state index contributed by atoms with van der Waals surface area (Å²) in [5.41, 5.74) is 1.15. The summed E-state index contributed by atoms with van der Waals surface area (Å²) in [6.45, 7) is 5.76. The first-order chi connectivity index (χ1) is 13.5. The minimum atomic E-state index is -0.501. The number of ether oxygens (including phenoxy) is 2. The highest BCUT2D eigenvalue weighted by Crippen LogP contribution is 2.21. The highest BCUT2D eigenvalue weighted by atomic mass is 16.5. The molecule has 5 heteroatoms. The normalized spacial score (nSPS) is 19.1. The van der Waals surface area contributed by atoms with E-state index in [0.29, 0.717) is 17.4 Å². The largest absolute Gasteiger partial charge is 0.489 e. The van der Waals surface area contributed by atoms with Crippen LogP contribution in [-0.2, 0) is 16.1 Å². The lowest BCUT2D eigenvalue weighted by molar-refractivity contribution is -0.137. The molecule has 148 valence electrons. The third kappa shape index (κ3) is 5.35. The topological polar surface area (TPSA) is 55.8 Å². The van der Waals surface area contributed by atoms with Crippen molar-refractivity contribution < 1.29 is 19.1 Å². The maximum Gasteiger partial charge on any atom is 0.339 e. The highest BCUT2D eigenvalue weighted by Gasteiger charge is 2.26. The molecule has 2 aromatic carbocycles. The molecule has 1 aliphatic rings. The molecule has 1 amide bonds. The average molecular weight is 381 g/mol. The Hall–Kier alpha value is -2.82. The number of carbonyl (C=O) groups excluding carboxylic acids is 2. The minimum absolute atomic E-state index is 0.134. The quantitative estimate of drug-likeness (QED) is 0.712. The second kappa shape index (κ2) is 9.40. The Labute approximate surface area is 166 Å². The Balaban J connectivity index is 1.57. The van der Waals surface area contributed by atoms with Crippen molar-refractivity contribution in [3.8, 4) is 5.75 Å². The van der Waals surface area contributed by atoms with Crippen molar-refractivity contribution in [1.82, 2.24) is 4.90 Å². The average Bonchev–Trinajstić information content (AvgIpc) is 2.70. The number of likely N-dealkylation sites (tertiary alicyclic amines) is 1. The number of hydrogen-bond donors (Lipinski definition) is 0. The minimum Gasteiger partial charge on any atom is -0.489 e. The van der Waals surface area contributed by atoms with E-state index >= 15 is 0 Å². The maximum absolute atomic E-state index is 12.5. The van der Waals surface area contributed by atoms with E-state index in [1.54, 1.807) is 17.0 Å². The van der Waals surface area contributed by atoms with Gasteiger partial charge in [-0.15, -0.1) is 0 Å². The van der Waals surface area contributed by atoms with E-state index in [-0.39, 0.29) is 19.1 Å². The van der Waals surface area contributed by atoms with Gasteiger partial charge in [0.15, 0.2) is 6.61 Å². The van der Waals surface area contributed by atoms with Crippen LogP contribution in [-0.4, -0.2) is 36.5 Å². The summed E-state index contributed by atoms with van der Waals surface area (Å²) in [4.78, 5) is 26.8. The predicted octanol–water partition coefficient (Wildman–Crippen LogP) is 3.93. The molecule has 1 heterocycles. The number of nitrogens with zero attached hydrogens (tertiary/aromatic N) is 1. The Morgan fingerprint density at radius 3 is 2.32 bits per heavy atom. The Morgan fingerprint density at radius 1 is 0.964 bits per heavy atom. The van der Waals surface area contributed by atoms with Crippen molar-refractivity contribution in [1.29, 1.82) is 0 Å². The molecule has 0 bridgehead atoms. The molecule has 0 radical (unpaired) electrons. The van der Waals surface area contributed by atoms with E-state index in [4.69, 9.17) is 9.47 Å². The van der Waals surface area contributed by atoms with Crippen LogP contribution in [0.5, 0.6) is 5.75 Å². The third-order valence-corrected chi connectivity index (χ3v) is 4.92. The van der Waals surface area contributed by atoms with Gasteiger partial charge in [0.25, 0.3) is 5.91 Å². The van der Waals surface area contributed by atoms with Crippen LogP contribution in [0.15, 0.2) is 54.6 Å². The van der Waals surface area contributed by atoms with Crippen LogP contribution in [0.4, 0.5) is 0 Å². The standard InChI is InChI=1S/C23H27NO4/c1-17-12-18(2)14-24(13-17)22(25)16-28-23(26)21-11-7-6-8-19(21)15-27-20-9-4-3-5-10-20/h3-11,17-18H,12-16H2,1-2H3/t17-,18+. The number of amides is 1. The number of para-hydroxylation sites is 1. The fourth-order valence-electron chi connectivity index (χ4n) is 3.69. The first-order valence-corrected chi connectivity index (χ1v) is 9.73. The van der Waals surface area contributed by atoms with Gasteiger partial charge in [0.2, 0.25) is 0 Å². The zero-order chi connectivity index (χ0) is 19.9. The summed E-state index contributed by atoms with van der Waals surface area (Å²) in [7, 11) is 0. The van der Waals surface area contributed by atoms with Gasteiger partial charge in [-0.25, -0.2) is 4.79 Å². The van der Waals surface area contributed by atoms with Crippen molar-refractivity contribution in [3.63, 3.8) is 0 Å². The van der Waals surface area contributed by atoms with Crippen LogP contribution >= 0.6 is 0 Å². The van der Waals surface area contributed by atoms with Gasteiger partial charge in [-0.05, 0) is 36.5 Å². The van der Waals surface area contributed by atoms with Crippen LogP contribution in [0.25, 0.3) is 0 Å². The molecule has 0 aliphatic carbocycles. The molecule has 5 nitrogen and oxygen atoms in total. The van der Waals surface area contributed by atoms with E-state index < -0.39 is 5.97 Å². The summed E-state index contributed by atoms with van der Waals surface area (Å²) in [6, 6.07) is 16.6. The van der Waals surface area contributed by atoms with Gasteiger partial charge in [-0.3, -0.25) is 4.79 Å². The van der Waals surface area contributed by atoms with Gasteiger partial charge in [0.05, 0.1) is 5.56 Å². The van der Waals surface area contributed by atoms with Crippen molar-refractivity contribution in [3.05, 3.63) is 65.7 Å². The van der Waals surface area contributed by atoms with Crippen molar-refractivity contribution in [2.75, 3.05) is 19.7 Å². The fourth-order valence-corrected chi connectivity index (χ4v) is 3.69. The zero-order valence-electron chi connectivity index (χ0n) is 16.5. The molecule has 0 saturated carbocycles. The highest BCUT2D eigenvalue weighted by molar-refractivity contribution is 5.92. The van der Waals surface area contributed by atoms with E-state index in [0.717, 1.165) is 30.8 Å². The Bertz CT molecular complexity index is 795. The molecule has 2 atom stereocenters. The lowest BCUT2D eigenvalue weighted by Crippen LogP contribution is -2.44. The van der Waals surface area contributed by atoms with Gasteiger partial charge >= 0.3 is 5.97 Å². The van der Waals surface area contributed by atoms with Crippen LogP contribution in [0.3, 0.4) is 0 Å². The van der Waals surface area contributed by atoms with Crippen LogP contribution in [0.1, 0.15) is 36.2 Å². The van der Waals surface area contributed by atoms with Gasteiger partial charge in [-0.2, -0.15) is 0 Å². The molecule has 0 aromatic heterocycles. The SMILES string of the molecule is C[C@@H]1C[C@H](C)CN(C(=O)COC(=O)c2ccccc2COc2ccccc2)C1. The van der Waals surface area contributed by atoms with E-state index in [9.17, 15) is 9.59 Å². The van der Waals surface area contributed by atoms with E-state index in [1.807, 2.05) is 42.5 Å². The summed E-state index contributed by atoms with van der Waals surface area (Å²) in [5.74, 6) is 1.04. The maximum atomic E-state index is 12.5. The lowest BCUT2D eigenvalue weighted by atomic mass is 9.92. The molecule has 0 unspecified atom stereocenters. The summed E-state index contributed by atoms with van der Waals surface area (Å²) in [6.07, 6.45) is 1.12. The molecular weight excluding hydrogens is 354 g/mol. The summed E-state index contributed by atoms with van der Waals surface area (Å²) < 4.78 is 11.1. The monoisotopic (exact) mass is 381 g/mol. The lowest BCUT2D eigenvalue weighted by Gasteiger charge is -2.34. The number of rotatable bonds is 6. The molecule has 28 heavy (non-hydrogen) atoms. The second-order valence-electron chi connectivity index (χ2n) is 7.58. The van der Waals surface area contributed by atoms with Gasteiger partial charge in [-0.1, -0.05) is 50.2 Å². The number of hydrogen-bond acceptors (Lipinski definition) is 4. The second-order valence-corrected chi connectivity index (χ2v) is 7.58. The predicted molar refractivity (Wildman–Crippen MR) is 107 cm³/mol. The smallest absolute Gasteiger partial charge is 0.339 e. The first kappa shape index (κ1) is 19.9. The van der Waals surface area contributed by atoms with Gasteiger partial charge in [0.1, 0.15) is 12.4 Å². The van der Waals surface area contributed by atoms with Crippen molar-refractivity contribution in [2.24, 2.45) is 11.8 Å². The number of benzene rings is 2. The van der Waals surface area contributed by atoms with Gasteiger partial charge < -0.3 is 14.4 Å². The Morgan fingerprint density at radius 2 is 1.61 bits per heavy atom. The Kier molecular flexibility index (Phi) is 6.69. The molecule has 1 saturated heterocycles. The van der Waals surface area contributed by atoms with Crippen LogP contribution < -0.4 is 4.74 Å². The molecule has 1 fully saturated rings. The summed E-state index contributed by atoms with van der Waals surface area (Å²) in [5, 5.41) is 0. The van der Waals surface area contributed by atoms with Crippen molar-refractivity contribution >= 4 is 11.9 Å². The zero-order valence-corrected chi connectivity index (χ0v) is 16.5. The first-order valence-electron chi connectivity index (χ1n) is 9.73. The fraction of sp³-hybridized carbons (Fsp3) is 0.391. The van der Waals surface area contributed by atoms with Crippen molar-refractivity contribution in [2.45, 2.75) is 26.9 Å². The molecule has 3 rings (SSSR count). The molecule has 1 aliphatic heterocycles. The molecule has 0 spiro atoms. The van der Waals surface area contributed by atoms with E-state index in [2.05, 4.69) is 13.8 Å². The van der Waals surface area contributed by atoms with E-state index in [1.165, 1.54) is 0 Å². The third-order valence-electron chi connectivity index (χ3n) is 4.92. The molecule has 0 N–H and O–H groups in total. The summed E-state index contributed by atoms with van der Waals surface area (Å²) >= 11 is 0. The number of carbonyl (C=O) groups is 2. The van der Waals surface area contributed by atoms with Crippen LogP contribution in [0, 0.1) is 11.8 Å². The van der Waals surface area contributed by atoms with Crippen LogP contribution in [0.2, 0.25) is 0 Å².